The third-order valence-electron chi connectivity index (χ3n) is 7.21. The normalized spacial score (nSPS) is 22.0. The van der Waals surface area contributed by atoms with Crippen LogP contribution in [-0.2, 0) is 4.79 Å². The molecule has 5 heteroatoms. The highest BCUT2D eigenvalue weighted by atomic mass is 16.5. The van der Waals surface area contributed by atoms with Gasteiger partial charge in [-0.1, -0.05) is 39.7 Å². The molecule has 1 aliphatic heterocycles. The average molecular weight is 466 g/mol. The lowest BCUT2D eigenvalue weighted by Crippen LogP contribution is -2.51. The number of rotatable bonds is 11. The van der Waals surface area contributed by atoms with Crippen molar-refractivity contribution in [1.29, 1.82) is 0 Å². The van der Waals surface area contributed by atoms with Crippen molar-refractivity contribution in [3.05, 3.63) is 47.3 Å². The average Bonchev–Trinajstić information content (AvgIpc) is 2.79. The molecule has 1 N–H and O–H groups in total. The van der Waals surface area contributed by atoms with E-state index >= 15 is 0 Å². The molecule has 1 aliphatic carbocycles. The van der Waals surface area contributed by atoms with Crippen LogP contribution in [0.25, 0.3) is 0 Å². The molecule has 1 saturated carbocycles. The Morgan fingerprint density at radius 2 is 1.97 bits per heavy atom. The number of nitrogens with zero attached hydrogens (tertiary/aromatic N) is 2. The molecule has 5 nitrogen and oxygen atoms in total. The minimum Gasteiger partial charge on any atom is -0.497 e. The standard InChI is InChI=1S/C29H43N3O2/c1-7-10-27(31-24-11-9-12-24)30-19-23-20-32(25-13-15-26(34-6)16-14-25)28(33)29(17-8-2,22(23)5)18-21(3)4/h10,13-16,19,21,24,31H,7-9,11-12,17-18,20H2,1-6H3/b27-10-,30-19-. The Labute approximate surface area is 206 Å². The van der Waals surface area contributed by atoms with Crippen LogP contribution in [0.2, 0.25) is 0 Å². The minimum absolute atomic E-state index is 0.208. The van der Waals surface area contributed by atoms with Crippen LogP contribution >= 0.6 is 0 Å². The molecule has 186 valence electrons. The van der Waals surface area contributed by atoms with E-state index in [2.05, 4.69) is 46.0 Å². The van der Waals surface area contributed by atoms with Gasteiger partial charge in [0.2, 0.25) is 5.91 Å². The zero-order chi connectivity index (χ0) is 24.7. The molecule has 1 heterocycles. The number of nitrogens with one attached hydrogen (secondary N) is 1. The number of amides is 1. The first kappa shape index (κ1) is 26.1. The van der Waals surface area contributed by atoms with Crippen LogP contribution in [0.1, 0.15) is 79.6 Å². The number of carbonyl (C=O) groups is 1. The number of ether oxygens (including phenoxy) is 1. The summed E-state index contributed by atoms with van der Waals surface area (Å²) in [6.45, 7) is 11.4. The van der Waals surface area contributed by atoms with Crippen molar-refractivity contribution in [2.45, 2.75) is 85.6 Å². The maximum Gasteiger partial charge on any atom is 0.237 e. The van der Waals surface area contributed by atoms with E-state index in [1.54, 1.807) is 7.11 Å². The van der Waals surface area contributed by atoms with Crippen LogP contribution < -0.4 is 15.0 Å². The molecule has 34 heavy (non-hydrogen) atoms. The number of methoxy groups -OCH3 is 1. The maximum absolute atomic E-state index is 14.1. The fourth-order valence-electron chi connectivity index (χ4n) is 5.21. The molecule has 0 radical (unpaired) electrons. The third-order valence-corrected chi connectivity index (χ3v) is 7.21. The highest BCUT2D eigenvalue weighted by molar-refractivity contribution is 6.04. The molecule has 2 aliphatic rings. The molecule has 1 aromatic rings. The third kappa shape index (κ3) is 5.73. The molecule has 3 rings (SSSR count). The van der Waals surface area contributed by atoms with Gasteiger partial charge in [-0.2, -0.15) is 0 Å². The smallest absolute Gasteiger partial charge is 0.237 e. The summed E-state index contributed by atoms with van der Waals surface area (Å²) in [4.78, 5) is 21.0. The summed E-state index contributed by atoms with van der Waals surface area (Å²) in [5, 5.41) is 3.60. The van der Waals surface area contributed by atoms with E-state index < -0.39 is 5.41 Å². The minimum atomic E-state index is -0.502. The van der Waals surface area contributed by atoms with Gasteiger partial charge < -0.3 is 15.0 Å². The fourth-order valence-corrected chi connectivity index (χ4v) is 5.21. The van der Waals surface area contributed by atoms with Crippen LogP contribution in [0.3, 0.4) is 0 Å². The maximum atomic E-state index is 14.1. The zero-order valence-corrected chi connectivity index (χ0v) is 22.0. The number of benzene rings is 1. The van der Waals surface area contributed by atoms with Gasteiger partial charge in [0.1, 0.15) is 11.6 Å². The van der Waals surface area contributed by atoms with Crippen molar-refractivity contribution in [2.75, 3.05) is 18.6 Å². The summed E-state index contributed by atoms with van der Waals surface area (Å²) < 4.78 is 5.34. The van der Waals surface area contributed by atoms with E-state index in [4.69, 9.17) is 9.73 Å². The Morgan fingerprint density at radius 3 is 2.50 bits per heavy atom. The number of aliphatic imine (C=N–C) groups is 1. The Kier molecular flexibility index (Phi) is 8.98. The molecule has 0 saturated heterocycles. The first-order valence-corrected chi connectivity index (χ1v) is 13.0. The summed E-state index contributed by atoms with van der Waals surface area (Å²) in [5.41, 5.74) is 2.73. The molecular formula is C29H43N3O2. The number of anilines is 1. The monoisotopic (exact) mass is 465 g/mol. The van der Waals surface area contributed by atoms with E-state index in [1.165, 1.54) is 24.8 Å². The van der Waals surface area contributed by atoms with Crippen LogP contribution in [0, 0.1) is 11.3 Å². The van der Waals surface area contributed by atoms with Gasteiger partial charge in [-0.3, -0.25) is 4.79 Å². The van der Waals surface area contributed by atoms with Crippen molar-refractivity contribution in [3.63, 3.8) is 0 Å². The van der Waals surface area contributed by atoms with Gasteiger partial charge in [-0.15, -0.1) is 0 Å². The second-order valence-corrected chi connectivity index (χ2v) is 10.2. The Morgan fingerprint density at radius 1 is 1.26 bits per heavy atom. The van der Waals surface area contributed by atoms with Gasteiger partial charge in [0.25, 0.3) is 0 Å². The lowest BCUT2D eigenvalue weighted by atomic mass is 9.67. The van der Waals surface area contributed by atoms with E-state index in [0.717, 1.165) is 48.5 Å². The van der Waals surface area contributed by atoms with E-state index in [9.17, 15) is 4.79 Å². The van der Waals surface area contributed by atoms with Crippen molar-refractivity contribution in [1.82, 2.24) is 5.32 Å². The van der Waals surface area contributed by atoms with Gasteiger partial charge in [0.05, 0.1) is 19.1 Å². The number of hydrogen-bond donors (Lipinski definition) is 1. The van der Waals surface area contributed by atoms with Gasteiger partial charge in [-0.25, -0.2) is 4.99 Å². The SMILES string of the molecule is CC/C=C(/N=C\C1=C(C)C(CCC)(CC(C)C)C(=O)N(c2ccc(OC)cc2)C1)NC1CCC1. The van der Waals surface area contributed by atoms with Crippen LogP contribution in [0.4, 0.5) is 5.69 Å². The molecule has 0 aromatic heterocycles. The van der Waals surface area contributed by atoms with Gasteiger partial charge in [-0.05, 0) is 87.3 Å². The van der Waals surface area contributed by atoms with Gasteiger partial charge in [0, 0.05) is 17.9 Å². The number of hydrogen-bond acceptors (Lipinski definition) is 4. The molecule has 1 fully saturated rings. The lowest BCUT2D eigenvalue weighted by molar-refractivity contribution is -0.128. The number of allylic oxidation sites excluding steroid dienone is 1. The van der Waals surface area contributed by atoms with Crippen molar-refractivity contribution in [2.24, 2.45) is 16.3 Å². The summed E-state index contributed by atoms with van der Waals surface area (Å²) >= 11 is 0. The van der Waals surface area contributed by atoms with E-state index in [-0.39, 0.29) is 5.91 Å². The molecule has 1 atom stereocenters. The molecule has 0 spiro atoms. The number of carbonyl (C=O) groups excluding carboxylic acids is 1. The zero-order valence-electron chi connectivity index (χ0n) is 22.0. The predicted molar refractivity (Wildman–Crippen MR) is 142 cm³/mol. The Bertz CT molecular complexity index is 925. The summed E-state index contributed by atoms with van der Waals surface area (Å²) in [6, 6.07) is 8.36. The first-order chi connectivity index (χ1) is 16.3. The van der Waals surface area contributed by atoms with Crippen molar-refractivity contribution in [3.8, 4) is 5.75 Å². The Hall–Kier alpha value is -2.56. The highest BCUT2D eigenvalue weighted by Crippen LogP contribution is 2.46. The molecule has 1 unspecified atom stereocenters. The van der Waals surface area contributed by atoms with Crippen molar-refractivity contribution < 1.29 is 9.53 Å². The molecule has 1 aromatic carbocycles. The molecule has 0 bridgehead atoms. The van der Waals surface area contributed by atoms with Crippen LogP contribution in [0.5, 0.6) is 5.75 Å². The van der Waals surface area contributed by atoms with Crippen molar-refractivity contribution >= 4 is 17.8 Å². The first-order valence-electron chi connectivity index (χ1n) is 13.0. The predicted octanol–water partition coefficient (Wildman–Crippen LogP) is 6.66. The quantitative estimate of drug-likeness (QED) is 0.372. The summed E-state index contributed by atoms with van der Waals surface area (Å²) in [5.74, 6) is 2.36. The summed E-state index contributed by atoms with van der Waals surface area (Å²) in [7, 11) is 1.66. The highest BCUT2D eigenvalue weighted by Gasteiger charge is 2.46. The fraction of sp³-hybridized carbons (Fsp3) is 0.586. The second kappa shape index (κ2) is 11.7. The second-order valence-electron chi connectivity index (χ2n) is 10.2. The van der Waals surface area contributed by atoms with Crippen LogP contribution in [-0.4, -0.2) is 31.8 Å². The van der Waals surface area contributed by atoms with E-state index in [0.29, 0.717) is 18.5 Å². The lowest BCUT2D eigenvalue weighted by Gasteiger charge is -2.44. The van der Waals surface area contributed by atoms with Crippen LogP contribution in [0.15, 0.2) is 52.3 Å². The summed E-state index contributed by atoms with van der Waals surface area (Å²) in [6.07, 6.45) is 11.5. The molecular weight excluding hydrogens is 422 g/mol. The largest absolute Gasteiger partial charge is 0.497 e. The van der Waals surface area contributed by atoms with Gasteiger partial charge in [0.15, 0.2) is 0 Å². The topological polar surface area (TPSA) is 53.9 Å². The Balaban J connectivity index is 2.02. The van der Waals surface area contributed by atoms with E-state index in [1.807, 2.05) is 35.4 Å². The molecule has 1 amide bonds. The van der Waals surface area contributed by atoms with Gasteiger partial charge >= 0.3 is 0 Å².